The van der Waals surface area contributed by atoms with Gasteiger partial charge in [0.15, 0.2) is 0 Å². The van der Waals surface area contributed by atoms with Gasteiger partial charge >= 0.3 is 5.69 Å². The second kappa shape index (κ2) is 8.11. The Bertz CT molecular complexity index is 933. The molecule has 0 spiro atoms. The third kappa shape index (κ3) is 4.21. The maximum Gasteiger partial charge on any atom is 0.328 e. The van der Waals surface area contributed by atoms with Crippen LogP contribution in [0.5, 0.6) is 11.5 Å². The number of ether oxygens (including phenoxy) is 2. The fourth-order valence-corrected chi connectivity index (χ4v) is 3.39. The molecule has 0 aliphatic carbocycles. The highest BCUT2D eigenvalue weighted by Crippen LogP contribution is 2.36. The van der Waals surface area contributed by atoms with Gasteiger partial charge in [-0.15, -0.1) is 0 Å². The lowest BCUT2D eigenvalue weighted by Gasteiger charge is -2.18. The molecule has 27 heavy (non-hydrogen) atoms. The van der Waals surface area contributed by atoms with E-state index in [4.69, 9.17) is 9.47 Å². The van der Waals surface area contributed by atoms with E-state index in [0.717, 1.165) is 23.5 Å². The van der Waals surface area contributed by atoms with Gasteiger partial charge in [0.1, 0.15) is 11.5 Å². The van der Waals surface area contributed by atoms with E-state index in [1.807, 2.05) is 18.2 Å². The van der Waals surface area contributed by atoms with Crippen LogP contribution in [-0.2, 0) is 11.3 Å². The Labute approximate surface area is 156 Å². The maximum atomic E-state index is 12.5. The second-order valence-electron chi connectivity index (χ2n) is 6.49. The van der Waals surface area contributed by atoms with Crippen molar-refractivity contribution in [2.75, 3.05) is 27.3 Å². The Hall–Kier alpha value is -3.03. The number of carbonyl (C=O) groups excluding carboxylic acids is 1. The summed E-state index contributed by atoms with van der Waals surface area (Å²) in [7, 11) is 3.25. The molecule has 3 rings (SSSR count). The van der Waals surface area contributed by atoms with Crippen molar-refractivity contribution < 1.29 is 14.3 Å². The molecule has 1 fully saturated rings. The first kappa shape index (κ1) is 18.8. The van der Waals surface area contributed by atoms with Gasteiger partial charge in [-0.05, 0) is 24.6 Å². The molecule has 1 aliphatic heterocycles. The molecule has 1 N–H and O–H groups in total. The van der Waals surface area contributed by atoms with Crippen LogP contribution in [-0.4, -0.2) is 47.7 Å². The topological polar surface area (TPSA) is 93.6 Å². The smallest absolute Gasteiger partial charge is 0.328 e. The van der Waals surface area contributed by atoms with Gasteiger partial charge < -0.3 is 18.9 Å². The maximum absolute atomic E-state index is 12.5. The molecule has 1 amide bonds. The van der Waals surface area contributed by atoms with E-state index in [1.54, 1.807) is 19.1 Å². The summed E-state index contributed by atoms with van der Waals surface area (Å²) in [5.74, 6) is 1.70. The third-order valence-electron chi connectivity index (χ3n) is 4.88. The number of rotatable bonds is 6. The average molecular weight is 373 g/mol. The predicted molar refractivity (Wildman–Crippen MR) is 99.4 cm³/mol. The highest BCUT2D eigenvalue weighted by molar-refractivity contribution is 5.76. The fourth-order valence-electron chi connectivity index (χ4n) is 3.39. The van der Waals surface area contributed by atoms with Crippen molar-refractivity contribution in [3.05, 3.63) is 56.9 Å². The van der Waals surface area contributed by atoms with Crippen molar-refractivity contribution in [2.45, 2.75) is 25.3 Å². The zero-order valence-corrected chi connectivity index (χ0v) is 15.4. The van der Waals surface area contributed by atoms with Crippen molar-refractivity contribution in [2.24, 2.45) is 0 Å². The minimum Gasteiger partial charge on any atom is -0.497 e. The summed E-state index contributed by atoms with van der Waals surface area (Å²) in [6.07, 6.45) is 2.45. The lowest BCUT2D eigenvalue weighted by Crippen LogP contribution is -2.32. The average Bonchev–Trinajstić information content (AvgIpc) is 3.16. The second-order valence-corrected chi connectivity index (χ2v) is 6.49. The number of aromatic amines is 1. The summed E-state index contributed by atoms with van der Waals surface area (Å²) in [6.45, 7) is 1.49. The van der Waals surface area contributed by atoms with Gasteiger partial charge in [-0.1, -0.05) is 0 Å². The van der Waals surface area contributed by atoms with Crippen molar-refractivity contribution in [1.29, 1.82) is 0 Å². The van der Waals surface area contributed by atoms with Crippen molar-refractivity contribution >= 4 is 5.91 Å². The largest absolute Gasteiger partial charge is 0.497 e. The number of likely N-dealkylation sites (tertiary alicyclic amines) is 1. The third-order valence-corrected chi connectivity index (χ3v) is 4.88. The Balaban J connectivity index is 1.64. The number of aryl methyl sites for hydroxylation is 1. The molecule has 8 heteroatoms. The first-order chi connectivity index (χ1) is 13.0. The van der Waals surface area contributed by atoms with E-state index in [1.165, 1.54) is 16.8 Å². The van der Waals surface area contributed by atoms with Crippen molar-refractivity contribution in [3.63, 3.8) is 0 Å². The Morgan fingerprint density at radius 3 is 2.74 bits per heavy atom. The summed E-state index contributed by atoms with van der Waals surface area (Å²) in [4.78, 5) is 39.3. The zero-order valence-electron chi connectivity index (χ0n) is 15.4. The van der Waals surface area contributed by atoms with E-state index in [2.05, 4.69) is 4.98 Å². The molecule has 1 atom stereocenters. The molecule has 1 saturated heterocycles. The van der Waals surface area contributed by atoms with Crippen LogP contribution < -0.4 is 20.7 Å². The predicted octanol–water partition coefficient (Wildman–Crippen LogP) is 0.960. The highest BCUT2D eigenvalue weighted by atomic mass is 16.5. The number of H-pyrrole nitrogens is 1. The lowest BCUT2D eigenvalue weighted by molar-refractivity contribution is -0.130. The van der Waals surface area contributed by atoms with E-state index >= 15 is 0 Å². The summed E-state index contributed by atoms with van der Waals surface area (Å²) in [6, 6.07) is 6.95. The fraction of sp³-hybridized carbons (Fsp3) is 0.421. The van der Waals surface area contributed by atoms with E-state index in [9.17, 15) is 14.4 Å². The van der Waals surface area contributed by atoms with E-state index in [0.29, 0.717) is 13.1 Å². The molecule has 1 aromatic heterocycles. The first-order valence-electron chi connectivity index (χ1n) is 8.81. The number of benzene rings is 1. The standard InChI is InChI=1S/C19H23N3O5/c1-26-14-3-4-16(27-2)15(11-14)13-5-8-22(12-13)18(24)7-10-21-9-6-17(23)20-19(21)25/h3-4,6,9,11,13H,5,7-8,10,12H2,1-2H3,(H,20,23,25)/t13-/m1/s1. The van der Waals surface area contributed by atoms with Crippen LogP contribution in [0.2, 0.25) is 0 Å². The summed E-state index contributed by atoms with van der Waals surface area (Å²) in [5.41, 5.74) is 0.0805. The molecule has 0 unspecified atom stereocenters. The first-order valence-corrected chi connectivity index (χ1v) is 8.81. The molecule has 1 aliphatic rings. The number of amides is 1. The molecule has 144 valence electrons. The Kier molecular flexibility index (Phi) is 5.63. The normalized spacial score (nSPS) is 16.4. The molecule has 0 bridgehead atoms. The van der Waals surface area contributed by atoms with Crippen molar-refractivity contribution in [1.82, 2.24) is 14.5 Å². The number of carbonyl (C=O) groups is 1. The van der Waals surface area contributed by atoms with Gasteiger partial charge in [-0.3, -0.25) is 14.6 Å². The molecular formula is C19H23N3O5. The highest BCUT2D eigenvalue weighted by Gasteiger charge is 2.29. The molecule has 2 heterocycles. The van der Waals surface area contributed by atoms with Crippen molar-refractivity contribution in [3.8, 4) is 11.5 Å². The number of nitrogens with zero attached hydrogens (tertiary/aromatic N) is 2. The molecule has 0 radical (unpaired) electrons. The molecular weight excluding hydrogens is 350 g/mol. The summed E-state index contributed by atoms with van der Waals surface area (Å²) < 4.78 is 12.1. The molecule has 1 aromatic carbocycles. The zero-order chi connectivity index (χ0) is 19.4. The summed E-state index contributed by atoms with van der Waals surface area (Å²) >= 11 is 0. The van der Waals surface area contributed by atoms with Gasteiger partial charge in [0.05, 0.1) is 14.2 Å². The van der Waals surface area contributed by atoms with Crippen LogP contribution >= 0.6 is 0 Å². The van der Waals surface area contributed by atoms with Crippen LogP contribution in [0.25, 0.3) is 0 Å². The molecule has 0 saturated carbocycles. The van der Waals surface area contributed by atoms with E-state index < -0.39 is 11.2 Å². The minimum absolute atomic E-state index is 0.0162. The SMILES string of the molecule is COc1ccc(OC)c([C@@H]2CCN(C(=O)CCn3ccc(=O)[nH]c3=O)C2)c1. The lowest BCUT2D eigenvalue weighted by atomic mass is 9.97. The monoisotopic (exact) mass is 373 g/mol. The number of aromatic nitrogens is 2. The van der Waals surface area contributed by atoms with Crippen LogP contribution in [0.4, 0.5) is 0 Å². The minimum atomic E-state index is -0.504. The molecule has 8 nitrogen and oxygen atoms in total. The van der Waals surface area contributed by atoms with Crippen LogP contribution in [0.1, 0.15) is 24.3 Å². The number of nitrogens with one attached hydrogen (secondary N) is 1. The van der Waals surface area contributed by atoms with Gasteiger partial charge in [0.25, 0.3) is 5.56 Å². The van der Waals surface area contributed by atoms with Crippen LogP contribution in [0.3, 0.4) is 0 Å². The number of hydrogen-bond acceptors (Lipinski definition) is 5. The molecule has 2 aromatic rings. The van der Waals surface area contributed by atoms with Gasteiger partial charge in [0.2, 0.25) is 5.91 Å². The number of methoxy groups -OCH3 is 2. The van der Waals surface area contributed by atoms with Crippen LogP contribution in [0.15, 0.2) is 40.1 Å². The van der Waals surface area contributed by atoms with Gasteiger partial charge in [0, 0.05) is 49.8 Å². The Morgan fingerprint density at radius 1 is 1.22 bits per heavy atom. The quantitative estimate of drug-likeness (QED) is 0.814. The Morgan fingerprint density at radius 2 is 2.04 bits per heavy atom. The van der Waals surface area contributed by atoms with Gasteiger partial charge in [-0.2, -0.15) is 0 Å². The van der Waals surface area contributed by atoms with E-state index in [-0.39, 0.29) is 24.8 Å². The number of hydrogen-bond donors (Lipinski definition) is 1. The summed E-state index contributed by atoms with van der Waals surface area (Å²) in [5, 5.41) is 0. The van der Waals surface area contributed by atoms with Gasteiger partial charge in [-0.25, -0.2) is 4.79 Å². The van der Waals surface area contributed by atoms with Crippen LogP contribution in [0, 0.1) is 0 Å².